The first-order valence-corrected chi connectivity index (χ1v) is 12.1. The summed E-state index contributed by atoms with van der Waals surface area (Å²) in [6, 6.07) is 12.1. The molecule has 2 heterocycles. The van der Waals surface area contributed by atoms with E-state index in [1.807, 2.05) is 24.3 Å². The molecule has 1 fully saturated rings. The molecule has 0 spiro atoms. The highest BCUT2D eigenvalue weighted by Crippen LogP contribution is 2.34. The Labute approximate surface area is 184 Å². The van der Waals surface area contributed by atoms with E-state index in [1.54, 1.807) is 12.1 Å². The smallest absolute Gasteiger partial charge is 0.243 e. The lowest BCUT2D eigenvalue weighted by Gasteiger charge is -2.30. The van der Waals surface area contributed by atoms with Crippen LogP contribution in [0.3, 0.4) is 0 Å². The number of hydrogen-bond acceptors (Lipinski definition) is 5. The van der Waals surface area contributed by atoms with Crippen LogP contribution in [0.4, 0.5) is 5.69 Å². The van der Waals surface area contributed by atoms with Gasteiger partial charge in [0.15, 0.2) is 11.5 Å². The Hall–Kier alpha value is -2.10. The fourth-order valence-electron chi connectivity index (χ4n) is 3.62. The topological polar surface area (TPSA) is 84.9 Å². The van der Waals surface area contributed by atoms with Crippen LogP contribution in [0.1, 0.15) is 19.3 Å². The van der Waals surface area contributed by atoms with E-state index >= 15 is 0 Å². The minimum Gasteiger partial charge on any atom is -0.490 e. The number of nitrogens with one attached hydrogen (secondary N) is 1. The first-order chi connectivity index (χ1) is 14.4. The highest BCUT2D eigenvalue weighted by Gasteiger charge is 2.32. The fraction of sp³-hybridized carbons (Fsp3) is 0.381. The maximum absolute atomic E-state index is 13.1. The molecule has 2 aromatic carbocycles. The monoisotopic (exact) mass is 494 g/mol. The number of anilines is 1. The van der Waals surface area contributed by atoms with Gasteiger partial charge in [0.25, 0.3) is 0 Å². The number of fused-ring (bicyclic) bond motifs is 1. The summed E-state index contributed by atoms with van der Waals surface area (Å²) in [5.74, 6) is 0.714. The Bertz CT molecular complexity index is 1040. The van der Waals surface area contributed by atoms with Gasteiger partial charge in [0.05, 0.1) is 18.1 Å². The number of sulfonamides is 1. The molecule has 1 amide bonds. The quantitative estimate of drug-likeness (QED) is 0.700. The number of piperidine rings is 1. The van der Waals surface area contributed by atoms with Gasteiger partial charge < -0.3 is 14.8 Å². The van der Waals surface area contributed by atoms with E-state index in [0.717, 1.165) is 16.6 Å². The van der Waals surface area contributed by atoms with Gasteiger partial charge in [-0.15, -0.1) is 0 Å². The summed E-state index contributed by atoms with van der Waals surface area (Å²) in [6.45, 7) is 1.64. The van der Waals surface area contributed by atoms with Crippen molar-refractivity contribution in [1.82, 2.24) is 4.31 Å². The van der Waals surface area contributed by atoms with Crippen LogP contribution in [0.5, 0.6) is 11.5 Å². The van der Waals surface area contributed by atoms with Gasteiger partial charge in [-0.05, 0) is 43.2 Å². The molecular weight excluding hydrogens is 472 g/mol. The summed E-state index contributed by atoms with van der Waals surface area (Å²) in [5.41, 5.74) is 0.719. The largest absolute Gasteiger partial charge is 0.490 e. The molecule has 2 aliphatic rings. The molecule has 160 valence electrons. The van der Waals surface area contributed by atoms with Crippen LogP contribution in [0.25, 0.3) is 0 Å². The highest BCUT2D eigenvalue weighted by molar-refractivity contribution is 9.10. The molecule has 0 saturated carbocycles. The van der Waals surface area contributed by atoms with Crippen LogP contribution < -0.4 is 14.8 Å². The van der Waals surface area contributed by atoms with Crippen LogP contribution in [-0.2, 0) is 14.8 Å². The molecule has 1 N–H and O–H groups in total. The number of ether oxygens (including phenoxy) is 2. The second kappa shape index (κ2) is 8.95. The lowest BCUT2D eigenvalue weighted by Crippen LogP contribution is -2.41. The Balaban J connectivity index is 1.40. The number of nitrogens with zero attached hydrogens (tertiary/aromatic N) is 1. The number of benzene rings is 2. The van der Waals surface area contributed by atoms with Gasteiger partial charge in [-0.3, -0.25) is 4.79 Å². The van der Waals surface area contributed by atoms with Crippen LogP contribution in [0, 0.1) is 5.92 Å². The second-order valence-corrected chi connectivity index (χ2v) is 10.2. The first kappa shape index (κ1) is 21.1. The Morgan fingerprint density at radius 2 is 1.77 bits per heavy atom. The van der Waals surface area contributed by atoms with Crippen molar-refractivity contribution in [3.05, 3.63) is 46.9 Å². The average Bonchev–Trinajstić information content (AvgIpc) is 2.98. The summed E-state index contributed by atoms with van der Waals surface area (Å²) in [6.07, 6.45) is 1.71. The van der Waals surface area contributed by atoms with Crippen molar-refractivity contribution in [1.29, 1.82) is 0 Å². The predicted octanol–water partition coefficient (Wildman–Crippen LogP) is 3.65. The van der Waals surface area contributed by atoms with Crippen molar-refractivity contribution in [3.63, 3.8) is 0 Å². The number of hydrogen-bond donors (Lipinski definition) is 1. The van der Waals surface area contributed by atoms with Gasteiger partial charge in [-0.25, -0.2) is 8.42 Å². The van der Waals surface area contributed by atoms with Gasteiger partial charge in [0, 0.05) is 41.7 Å². The molecule has 0 bridgehead atoms. The van der Waals surface area contributed by atoms with Crippen LogP contribution in [-0.4, -0.2) is 44.9 Å². The van der Waals surface area contributed by atoms with E-state index in [9.17, 15) is 13.2 Å². The maximum atomic E-state index is 13.1. The number of carbonyl (C=O) groups excluding carboxylic acids is 1. The van der Waals surface area contributed by atoms with Crippen molar-refractivity contribution < 1.29 is 22.7 Å². The molecule has 2 aromatic rings. The summed E-state index contributed by atoms with van der Waals surface area (Å²) >= 11 is 3.39. The molecule has 0 radical (unpaired) electrons. The number of amides is 1. The zero-order valence-electron chi connectivity index (χ0n) is 16.3. The van der Waals surface area contributed by atoms with Gasteiger partial charge in [0.2, 0.25) is 15.9 Å². The van der Waals surface area contributed by atoms with Crippen molar-refractivity contribution in [2.75, 3.05) is 31.6 Å². The fourth-order valence-corrected chi connectivity index (χ4v) is 5.51. The maximum Gasteiger partial charge on any atom is 0.243 e. The second-order valence-electron chi connectivity index (χ2n) is 7.34. The minimum absolute atomic E-state index is 0.0827. The number of carbonyl (C=O) groups is 1. The van der Waals surface area contributed by atoms with E-state index in [0.29, 0.717) is 50.6 Å². The number of halogens is 1. The zero-order valence-corrected chi connectivity index (χ0v) is 18.7. The third-order valence-electron chi connectivity index (χ3n) is 5.27. The lowest BCUT2D eigenvalue weighted by atomic mass is 9.97. The molecule has 4 rings (SSSR count). The summed E-state index contributed by atoms with van der Waals surface area (Å²) in [5, 5.41) is 2.91. The molecule has 0 unspecified atom stereocenters. The first-order valence-electron chi connectivity index (χ1n) is 9.90. The third kappa shape index (κ3) is 4.63. The van der Waals surface area contributed by atoms with E-state index in [4.69, 9.17) is 9.47 Å². The van der Waals surface area contributed by atoms with E-state index in [2.05, 4.69) is 21.2 Å². The van der Waals surface area contributed by atoms with Gasteiger partial charge in [0.1, 0.15) is 0 Å². The van der Waals surface area contributed by atoms with E-state index < -0.39 is 10.0 Å². The standard InChI is InChI=1S/C21H23BrN2O5S/c22-16-3-1-4-17(13-16)23-21(25)15-7-9-24(10-8-15)30(26,27)18-5-6-19-20(14-18)29-12-2-11-28-19/h1,3-6,13-15H,2,7-12H2,(H,23,25). The average molecular weight is 495 g/mol. The molecular formula is C21H23BrN2O5S. The predicted molar refractivity (Wildman–Crippen MR) is 116 cm³/mol. The van der Waals surface area contributed by atoms with E-state index in [-0.39, 0.29) is 16.7 Å². The molecule has 0 atom stereocenters. The van der Waals surface area contributed by atoms with Gasteiger partial charge in [-0.1, -0.05) is 22.0 Å². The molecule has 7 nitrogen and oxygen atoms in total. The van der Waals surface area contributed by atoms with Crippen LogP contribution in [0.15, 0.2) is 51.8 Å². The molecule has 9 heteroatoms. The normalized spacial score (nSPS) is 17.9. The summed E-state index contributed by atoms with van der Waals surface area (Å²) in [7, 11) is -3.66. The highest BCUT2D eigenvalue weighted by atomic mass is 79.9. The van der Waals surface area contributed by atoms with Crippen molar-refractivity contribution in [2.45, 2.75) is 24.2 Å². The minimum atomic E-state index is -3.66. The summed E-state index contributed by atoms with van der Waals surface area (Å²) in [4.78, 5) is 12.8. The van der Waals surface area contributed by atoms with Crippen molar-refractivity contribution in [2.24, 2.45) is 5.92 Å². The van der Waals surface area contributed by atoms with Crippen molar-refractivity contribution >= 4 is 37.5 Å². The number of rotatable bonds is 4. The van der Waals surface area contributed by atoms with Gasteiger partial charge in [-0.2, -0.15) is 4.31 Å². The lowest BCUT2D eigenvalue weighted by molar-refractivity contribution is -0.120. The molecule has 2 aliphatic heterocycles. The molecule has 0 aromatic heterocycles. The van der Waals surface area contributed by atoms with E-state index in [1.165, 1.54) is 10.4 Å². The zero-order chi connectivity index (χ0) is 21.1. The molecule has 30 heavy (non-hydrogen) atoms. The Morgan fingerprint density at radius 3 is 2.50 bits per heavy atom. The Morgan fingerprint density at radius 1 is 1.03 bits per heavy atom. The SMILES string of the molecule is O=C(Nc1cccc(Br)c1)C1CCN(S(=O)(=O)c2ccc3c(c2)OCCCO3)CC1. The van der Waals surface area contributed by atoms with Crippen LogP contribution >= 0.6 is 15.9 Å². The third-order valence-corrected chi connectivity index (χ3v) is 7.66. The van der Waals surface area contributed by atoms with Crippen LogP contribution in [0.2, 0.25) is 0 Å². The molecule has 0 aliphatic carbocycles. The summed E-state index contributed by atoms with van der Waals surface area (Å²) < 4.78 is 39.7. The van der Waals surface area contributed by atoms with Crippen molar-refractivity contribution in [3.8, 4) is 11.5 Å². The Kier molecular flexibility index (Phi) is 6.31. The van der Waals surface area contributed by atoms with Gasteiger partial charge >= 0.3 is 0 Å². The molecule has 1 saturated heterocycles.